The van der Waals surface area contributed by atoms with Crippen LogP contribution in [-0.2, 0) is 0 Å². The molecule has 3 nitrogen and oxygen atoms in total. The molecule has 0 aliphatic carbocycles. The van der Waals surface area contributed by atoms with E-state index >= 15 is 0 Å². The third-order valence-electron chi connectivity index (χ3n) is 1.61. The maximum atomic E-state index is 8.74. The fourth-order valence-electron chi connectivity index (χ4n) is 0.997. The molecule has 0 radical (unpaired) electrons. The lowest BCUT2D eigenvalue weighted by Crippen LogP contribution is -1.95. The Kier molecular flexibility index (Phi) is 5.16. The Balaban J connectivity index is 0.00000169. The van der Waals surface area contributed by atoms with E-state index in [4.69, 9.17) is 14.7 Å². The molecule has 0 heterocycles. The van der Waals surface area contributed by atoms with Gasteiger partial charge in [0.05, 0.1) is 19.3 Å². The van der Waals surface area contributed by atoms with Crippen LogP contribution in [0.4, 0.5) is 0 Å². The molecule has 0 aliphatic rings. The van der Waals surface area contributed by atoms with Gasteiger partial charge in [-0.2, -0.15) is 5.26 Å². The summed E-state index contributed by atoms with van der Waals surface area (Å²) in [7, 11) is 1.58. The van der Waals surface area contributed by atoms with Crippen LogP contribution >= 0.6 is 0 Å². The number of nitrogens with zero attached hydrogens (tertiary/aromatic N) is 1. The van der Waals surface area contributed by atoms with Gasteiger partial charge in [0.25, 0.3) is 0 Å². The van der Waals surface area contributed by atoms with Crippen LogP contribution < -0.4 is 9.47 Å². The predicted molar refractivity (Wildman–Crippen MR) is 55.6 cm³/mol. The van der Waals surface area contributed by atoms with Crippen molar-refractivity contribution < 1.29 is 9.47 Å². The molecule has 0 saturated heterocycles. The van der Waals surface area contributed by atoms with Crippen LogP contribution in [0.1, 0.15) is 19.9 Å². The molecule has 0 unspecified atom stereocenters. The van der Waals surface area contributed by atoms with Crippen LogP contribution in [0, 0.1) is 11.3 Å². The van der Waals surface area contributed by atoms with Crippen molar-refractivity contribution in [3.8, 4) is 17.6 Å². The molecule has 0 aliphatic heterocycles. The molecule has 1 aromatic rings. The minimum Gasteiger partial charge on any atom is -0.497 e. The highest BCUT2D eigenvalue weighted by Gasteiger charge is 2.03. The monoisotopic (exact) mass is 193 g/mol. The first-order valence-corrected chi connectivity index (χ1v) is 4.02. The van der Waals surface area contributed by atoms with Crippen molar-refractivity contribution in [3.05, 3.63) is 23.8 Å². The van der Waals surface area contributed by atoms with Crippen molar-refractivity contribution in [2.24, 2.45) is 0 Å². The highest BCUT2D eigenvalue weighted by atomic mass is 16.5. The van der Waals surface area contributed by atoms with Crippen molar-refractivity contribution in [1.82, 2.24) is 0 Å². The first kappa shape index (κ1) is 12.3. The van der Waals surface area contributed by atoms with Crippen LogP contribution in [0.3, 0.4) is 0 Å². The van der Waals surface area contributed by atoms with Crippen molar-refractivity contribution in [2.75, 3.05) is 13.7 Å². The highest BCUT2D eigenvalue weighted by Crippen LogP contribution is 2.23. The molecule has 76 valence electrons. The summed E-state index contributed by atoms with van der Waals surface area (Å²) in [5, 5.41) is 8.74. The van der Waals surface area contributed by atoms with E-state index < -0.39 is 0 Å². The first-order chi connectivity index (χ1) is 6.31. The predicted octanol–water partition coefficient (Wildman–Crippen LogP) is 2.60. The number of rotatable bonds is 3. The van der Waals surface area contributed by atoms with Crippen LogP contribution in [0.25, 0.3) is 0 Å². The van der Waals surface area contributed by atoms with E-state index in [0.29, 0.717) is 23.7 Å². The summed E-state index contributed by atoms with van der Waals surface area (Å²) in [4.78, 5) is 0. The molecule has 0 saturated carbocycles. The lowest BCUT2D eigenvalue weighted by atomic mass is 10.2. The maximum absolute atomic E-state index is 8.74. The van der Waals surface area contributed by atoms with E-state index in [0.717, 1.165) is 0 Å². The van der Waals surface area contributed by atoms with Crippen molar-refractivity contribution >= 4 is 0 Å². The molecule has 14 heavy (non-hydrogen) atoms. The Bertz CT molecular complexity index is 329. The number of hydrogen-bond donors (Lipinski definition) is 0. The van der Waals surface area contributed by atoms with E-state index in [9.17, 15) is 0 Å². The zero-order valence-corrected chi connectivity index (χ0v) is 7.70. The van der Waals surface area contributed by atoms with Crippen LogP contribution in [0.15, 0.2) is 18.2 Å². The lowest BCUT2D eigenvalue weighted by molar-refractivity contribution is 0.335. The van der Waals surface area contributed by atoms with E-state index in [1.807, 2.05) is 6.92 Å². The Morgan fingerprint density at radius 3 is 2.64 bits per heavy atom. The number of methoxy groups -OCH3 is 1. The molecule has 0 bridgehead atoms. The van der Waals surface area contributed by atoms with E-state index in [-0.39, 0.29) is 7.43 Å². The summed E-state index contributed by atoms with van der Waals surface area (Å²) in [6.45, 7) is 2.42. The average Bonchev–Trinajstić information content (AvgIpc) is 2.18. The third kappa shape index (κ3) is 2.67. The van der Waals surface area contributed by atoms with Gasteiger partial charge in [0.1, 0.15) is 17.6 Å². The first-order valence-electron chi connectivity index (χ1n) is 4.02. The molecule has 1 aromatic carbocycles. The van der Waals surface area contributed by atoms with Gasteiger partial charge in [-0.1, -0.05) is 7.43 Å². The summed E-state index contributed by atoms with van der Waals surface area (Å²) in [5.41, 5.74) is 0.530. The molecule has 0 fully saturated rings. The van der Waals surface area contributed by atoms with Gasteiger partial charge in [0.15, 0.2) is 0 Å². The van der Waals surface area contributed by atoms with Crippen LogP contribution in [-0.4, -0.2) is 13.7 Å². The summed E-state index contributed by atoms with van der Waals surface area (Å²) in [6.07, 6.45) is 0. The molecule has 0 atom stereocenters. The Morgan fingerprint density at radius 1 is 1.43 bits per heavy atom. The van der Waals surface area contributed by atoms with E-state index in [1.54, 1.807) is 25.3 Å². The zero-order valence-electron chi connectivity index (χ0n) is 7.70. The number of nitriles is 1. The normalized spacial score (nSPS) is 8.36. The molecular weight excluding hydrogens is 178 g/mol. The second-order valence-electron chi connectivity index (χ2n) is 2.41. The topological polar surface area (TPSA) is 42.2 Å². The standard InChI is InChI=1S/C10H11NO2.CH4/c1-3-13-10-6-9(12-2)5-4-8(10)7-11;/h4-6H,3H2,1-2H3;1H4. The largest absolute Gasteiger partial charge is 0.497 e. The molecule has 1 rings (SSSR count). The Hall–Kier alpha value is -1.69. The van der Waals surface area contributed by atoms with Gasteiger partial charge in [-0.15, -0.1) is 0 Å². The summed E-state index contributed by atoms with van der Waals surface area (Å²) in [5.74, 6) is 1.27. The fraction of sp³-hybridized carbons (Fsp3) is 0.364. The lowest BCUT2D eigenvalue weighted by Gasteiger charge is -2.06. The third-order valence-corrected chi connectivity index (χ3v) is 1.61. The number of ether oxygens (including phenoxy) is 2. The minimum atomic E-state index is 0. The molecule has 0 amide bonds. The van der Waals surface area contributed by atoms with Crippen LogP contribution in [0.2, 0.25) is 0 Å². The van der Waals surface area contributed by atoms with Crippen LogP contribution in [0.5, 0.6) is 11.5 Å². The quantitative estimate of drug-likeness (QED) is 0.741. The highest BCUT2D eigenvalue weighted by molar-refractivity contribution is 5.47. The molecule has 0 N–H and O–H groups in total. The summed E-state index contributed by atoms with van der Waals surface area (Å²) < 4.78 is 10.3. The minimum absolute atomic E-state index is 0. The van der Waals surface area contributed by atoms with Gasteiger partial charge in [0, 0.05) is 6.07 Å². The molecule has 0 aromatic heterocycles. The van der Waals surface area contributed by atoms with Gasteiger partial charge in [-0.25, -0.2) is 0 Å². The summed E-state index contributed by atoms with van der Waals surface area (Å²) >= 11 is 0. The van der Waals surface area contributed by atoms with Gasteiger partial charge in [-0.3, -0.25) is 0 Å². The SMILES string of the molecule is C.CCOc1cc(OC)ccc1C#N. The average molecular weight is 193 g/mol. The number of benzene rings is 1. The second kappa shape index (κ2) is 5.87. The van der Waals surface area contributed by atoms with Crippen molar-refractivity contribution in [3.63, 3.8) is 0 Å². The Morgan fingerprint density at radius 2 is 2.14 bits per heavy atom. The van der Waals surface area contributed by atoms with E-state index in [1.165, 1.54) is 0 Å². The van der Waals surface area contributed by atoms with E-state index in [2.05, 4.69) is 6.07 Å². The number of hydrogen-bond acceptors (Lipinski definition) is 3. The van der Waals surface area contributed by atoms with Gasteiger partial charge in [0.2, 0.25) is 0 Å². The van der Waals surface area contributed by atoms with Gasteiger partial charge >= 0.3 is 0 Å². The second-order valence-corrected chi connectivity index (χ2v) is 2.41. The van der Waals surface area contributed by atoms with Gasteiger partial charge in [-0.05, 0) is 19.1 Å². The van der Waals surface area contributed by atoms with Crippen molar-refractivity contribution in [1.29, 1.82) is 5.26 Å². The summed E-state index contributed by atoms with van der Waals surface area (Å²) in [6, 6.07) is 7.18. The molecule has 3 heteroatoms. The Labute approximate surface area is 84.9 Å². The molecular formula is C11H15NO2. The van der Waals surface area contributed by atoms with Gasteiger partial charge < -0.3 is 9.47 Å². The van der Waals surface area contributed by atoms with Crippen molar-refractivity contribution in [2.45, 2.75) is 14.4 Å². The maximum Gasteiger partial charge on any atom is 0.140 e. The fourth-order valence-corrected chi connectivity index (χ4v) is 0.997. The smallest absolute Gasteiger partial charge is 0.140 e. The molecule has 0 spiro atoms. The zero-order chi connectivity index (χ0) is 9.68.